The Morgan fingerprint density at radius 3 is 2.73 bits per heavy atom. The summed E-state index contributed by atoms with van der Waals surface area (Å²) < 4.78 is 26.3. The van der Waals surface area contributed by atoms with Gasteiger partial charge < -0.3 is 10.2 Å². The summed E-state index contributed by atoms with van der Waals surface area (Å²) in [5, 5.41) is 2.73. The molecule has 1 fully saturated rings. The van der Waals surface area contributed by atoms with Crippen molar-refractivity contribution in [3.05, 3.63) is 35.4 Å². The third kappa shape index (κ3) is 3.79. The second kappa shape index (κ2) is 6.83. The molecule has 2 amide bonds. The van der Waals surface area contributed by atoms with Crippen LogP contribution in [0.2, 0.25) is 0 Å². The van der Waals surface area contributed by atoms with Crippen LogP contribution in [0.25, 0.3) is 0 Å². The summed E-state index contributed by atoms with van der Waals surface area (Å²) in [7, 11) is 3.26. The van der Waals surface area contributed by atoms with Gasteiger partial charge in [0.05, 0.1) is 12.5 Å². The molecule has 0 aliphatic carbocycles. The standard InChI is InChI=1S/C15H19F2N3O2/c1-19(2)14(21)8-13-15(22)18-5-6-20(13)9-10-3-4-11(16)12(17)7-10/h3-4,7,13H,5-6,8-9H2,1-2H3,(H,18,22). The van der Waals surface area contributed by atoms with E-state index < -0.39 is 17.7 Å². The molecular formula is C15H19F2N3O2. The maximum atomic E-state index is 13.3. The zero-order chi connectivity index (χ0) is 16.3. The van der Waals surface area contributed by atoms with Crippen LogP contribution in [0.4, 0.5) is 8.78 Å². The lowest BCUT2D eigenvalue weighted by atomic mass is 10.1. The fourth-order valence-electron chi connectivity index (χ4n) is 2.39. The first-order valence-electron chi connectivity index (χ1n) is 7.04. The molecule has 2 rings (SSSR count). The van der Waals surface area contributed by atoms with Gasteiger partial charge in [-0.25, -0.2) is 8.78 Å². The van der Waals surface area contributed by atoms with Crippen LogP contribution in [0.3, 0.4) is 0 Å². The Kier molecular flexibility index (Phi) is 5.07. The van der Waals surface area contributed by atoms with Gasteiger partial charge in [-0.1, -0.05) is 6.07 Å². The van der Waals surface area contributed by atoms with Gasteiger partial charge in [-0.05, 0) is 17.7 Å². The molecule has 5 nitrogen and oxygen atoms in total. The highest BCUT2D eigenvalue weighted by Crippen LogP contribution is 2.16. The molecule has 1 N–H and O–H groups in total. The van der Waals surface area contributed by atoms with Crippen LogP contribution in [-0.4, -0.2) is 54.8 Å². The van der Waals surface area contributed by atoms with Gasteiger partial charge in [0.2, 0.25) is 11.8 Å². The molecule has 0 spiro atoms. The number of halogens is 2. The van der Waals surface area contributed by atoms with Crippen LogP contribution in [0.5, 0.6) is 0 Å². The van der Waals surface area contributed by atoms with Crippen LogP contribution >= 0.6 is 0 Å². The van der Waals surface area contributed by atoms with Crippen molar-refractivity contribution in [1.82, 2.24) is 15.1 Å². The molecule has 0 aromatic heterocycles. The second-order valence-electron chi connectivity index (χ2n) is 5.52. The van der Waals surface area contributed by atoms with Gasteiger partial charge in [-0.3, -0.25) is 14.5 Å². The molecule has 1 heterocycles. The van der Waals surface area contributed by atoms with E-state index in [-0.39, 0.29) is 24.8 Å². The van der Waals surface area contributed by atoms with E-state index in [0.717, 1.165) is 12.1 Å². The van der Waals surface area contributed by atoms with Gasteiger partial charge in [0.15, 0.2) is 11.6 Å². The van der Waals surface area contributed by atoms with Gasteiger partial charge in [-0.15, -0.1) is 0 Å². The van der Waals surface area contributed by atoms with E-state index in [1.165, 1.54) is 11.0 Å². The highest BCUT2D eigenvalue weighted by molar-refractivity contribution is 5.88. The van der Waals surface area contributed by atoms with Gasteiger partial charge in [0.1, 0.15) is 0 Å². The minimum atomic E-state index is -0.917. The van der Waals surface area contributed by atoms with Crippen molar-refractivity contribution in [2.24, 2.45) is 0 Å². The number of hydrogen-bond donors (Lipinski definition) is 1. The van der Waals surface area contributed by atoms with Crippen molar-refractivity contribution in [3.63, 3.8) is 0 Å². The Labute approximate surface area is 127 Å². The number of carbonyl (C=O) groups excluding carboxylic acids is 2. The van der Waals surface area contributed by atoms with Crippen molar-refractivity contribution < 1.29 is 18.4 Å². The topological polar surface area (TPSA) is 52.7 Å². The van der Waals surface area contributed by atoms with Crippen molar-refractivity contribution in [2.45, 2.75) is 19.0 Å². The molecule has 22 heavy (non-hydrogen) atoms. The maximum Gasteiger partial charge on any atom is 0.237 e. The molecule has 1 aromatic carbocycles. The minimum Gasteiger partial charge on any atom is -0.353 e. The minimum absolute atomic E-state index is 0.0580. The molecule has 1 unspecified atom stereocenters. The monoisotopic (exact) mass is 311 g/mol. The maximum absolute atomic E-state index is 13.3. The Morgan fingerprint density at radius 2 is 2.09 bits per heavy atom. The molecule has 1 aromatic rings. The van der Waals surface area contributed by atoms with E-state index in [1.54, 1.807) is 14.1 Å². The number of nitrogens with one attached hydrogen (secondary N) is 1. The molecule has 1 aliphatic heterocycles. The number of nitrogens with zero attached hydrogens (tertiary/aromatic N) is 2. The lowest BCUT2D eigenvalue weighted by Gasteiger charge is -2.35. The first kappa shape index (κ1) is 16.4. The molecule has 0 saturated carbocycles. The number of hydrogen-bond acceptors (Lipinski definition) is 3. The number of rotatable bonds is 4. The average Bonchev–Trinajstić information content (AvgIpc) is 2.46. The fourth-order valence-corrected chi connectivity index (χ4v) is 2.39. The number of carbonyl (C=O) groups is 2. The zero-order valence-corrected chi connectivity index (χ0v) is 12.6. The van der Waals surface area contributed by atoms with Crippen LogP contribution in [0.1, 0.15) is 12.0 Å². The summed E-state index contributed by atoms with van der Waals surface area (Å²) in [4.78, 5) is 27.1. The lowest BCUT2D eigenvalue weighted by Crippen LogP contribution is -2.56. The SMILES string of the molecule is CN(C)C(=O)CC1C(=O)NCCN1Cc1ccc(F)c(F)c1. The molecule has 120 valence electrons. The third-order valence-electron chi connectivity index (χ3n) is 3.68. The van der Waals surface area contributed by atoms with E-state index >= 15 is 0 Å². The summed E-state index contributed by atoms with van der Waals surface area (Å²) in [6, 6.07) is 3.06. The molecule has 1 atom stereocenters. The fraction of sp³-hybridized carbons (Fsp3) is 0.467. The highest BCUT2D eigenvalue weighted by Gasteiger charge is 2.32. The second-order valence-corrected chi connectivity index (χ2v) is 5.52. The van der Waals surface area contributed by atoms with Crippen molar-refractivity contribution >= 4 is 11.8 Å². The summed E-state index contributed by atoms with van der Waals surface area (Å²) in [6.45, 7) is 1.31. The van der Waals surface area contributed by atoms with Gasteiger partial charge >= 0.3 is 0 Å². The van der Waals surface area contributed by atoms with E-state index in [1.807, 2.05) is 4.90 Å². The summed E-state index contributed by atoms with van der Waals surface area (Å²) in [6.07, 6.45) is 0.0580. The first-order chi connectivity index (χ1) is 10.4. The molecular weight excluding hydrogens is 292 g/mol. The largest absolute Gasteiger partial charge is 0.353 e. The zero-order valence-electron chi connectivity index (χ0n) is 12.6. The Bertz CT molecular complexity index is 578. The number of piperazine rings is 1. The van der Waals surface area contributed by atoms with Crippen molar-refractivity contribution in [3.8, 4) is 0 Å². The van der Waals surface area contributed by atoms with Crippen LogP contribution in [0.15, 0.2) is 18.2 Å². The normalized spacial score (nSPS) is 18.9. The van der Waals surface area contributed by atoms with Gasteiger partial charge in [0, 0.05) is 33.7 Å². The summed E-state index contributed by atoms with van der Waals surface area (Å²) in [5.74, 6) is -2.19. The molecule has 1 aliphatic rings. The number of benzene rings is 1. The highest BCUT2D eigenvalue weighted by atomic mass is 19.2. The predicted octanol–water partition coefficient (Wildman–Crippen LogP) is 0.743. The quantitative estimate of drug-likeness (QED) is 0.892. The average molecular weight is 311 g/mol. The molecule has 1 saturated heterocycles. The van der Waals surface area contributed by atoms with Crippen LogP contribution in [-0.2, 0) is 16.1 Å². The van der Waals surface area contributed by atoms with Gasteiger partial charge in [0.25, 0.3) is 0 Å². The van der Waals surface area contributed by atoms with E-state index in [2.05, 4.69) is 5.32 Å². The van der Waals surface area contributed by atoms with E-state index in [4.69, 9.17) is 0 Å². The Balaban J connectivity index is 2.13. The summed E-state index contributed by atoms with van der Waals surface area (Å²) in [5.41, 5.74) is 0.566. The van der Waals surface area contributed by atoms with Crippen LogP contribution < -0.4 is 5.32 Å². The molecule has 0 bridgehead atoms. The Morgan fingerprint density at radius 1 is 1.36 bits per heavy atom. The third-order valence-corrected chi connectivity index (χ3v) is 3.68. The lowest BCUT2D eigenvalue weighted by molar-refractivity contribution is -0.137. The van der Waals surface area contributed by atoms with Crippen molar-refractivity contribution in [1.29, 1.82) is 0 Å². The van der Waals surface area contributed by atoms with E-state index in [0.29, 0.717) is 18.7 Å². The molecule has 0 radical (unpaired) electrons. The Hall–Kier alpha value is -2.02. The predicted molar refractivity (Wildman–Crippen MR) is 76.9 cm³/mol. The number of amides is 2. The summed E-state index contributed by atoms with van der Waals surface area (Å²) >= 11 is 0. The van der Waals surface area contributed by atoms with Crippen LogP contribution in [0, 0.1) is 11.6 Å². The van der Waals surface area contributed by atoms with Gasteiger partial charge in [-0.2, -0.15) is 0 Å². The van der Waals surface area contributed by atoms with Crippen molar-refractivity contribution in [2.75, 3.05) is 27.2 Å². The molecule has 7 heteroatoms. The smallest absolute Gasteiger partial charge is 0.237 e. The van der Waals surface area contributed by atoms with E-state index in [9.17, 15) is 18.4 Å². The first-order valence-corrected chi connectivity index (χ1v) is 7.04.